The van der Waals surface area contributed by atoms with Gasteiger partial charge in [0.25, 0.3) is 0 Å². The van der Waals surface area contributed by atoms with E-state index < -0.39 is 0 Å². The first-order valence-electron chi connectivity index (χ1n) is 8.10. The molecule has 6 bridgehead atoms. The number of aromatic nitrogens is 1. The molecule has 5 aliphatic rings. The Labute approximate surface area is 123 Å². The summed E-state index contributed by atoms with van der Waals surface area (Å²) in [5.74, 6) is 1.27. The van der Waals surface area contributed by atoms with Crippen LogP contribution in [0.25, 0.3) is 10.9 Å². The number of piperidine rings is 3. The van der Waals surface area contributed by atoms with Crippen molar-refractivity contribution >= 4 is 17.2 Å². The third-order valence-electron chi connectivity index (χ3n) is 7.09. The number of nitrogens with one attached hydrogen (secondary N) is 1. The summed E-state index contributed by atoms with van der Waals surface area (Å²) in [5.41, 5.74) is 4.17. The third kappa shape index (κ3) is 0.943. The minimum absolute atomic E-state index is 0.00796. The van der Waals surface area contributed by atoms with E-state index in [2.05, 4.69) is 41.1 Å². The van der Waals surface area contributed by atoms with Crippen LogP contribution in [0.3, 0.4) is 0 Å². The minimum atomic E-state index is -0.00796. The van der Waals surface area contributed by atoms with Crippen molar-refractivity contribution in [2.75, 3.05) is 0 Å². The van der Waals surface area contributed by atoms with Crippen molar-refractivity contribution < 1.29 is 4.79 Å². The zero-order valence-electron chi connectivity index (χ0n) is 12.0. The summed E-state index contributed by atoms with van der Waals surface area (Å²) >= 11 is 0. The molecule has 1 saturated carbocycles. The van der Waals surface area contributed by atoms with Crippen molar-refractivity contribution in [1.29, 1.82) is 0 Å². The molecule has 21 heavy (non-hydrogen) atoms. The zero-order chi connectivity index (χ0) is 13.9. The van der Waals surface area contributed by atoms with Crippen molar-refractivity contribution in [3.05, 3.63) is 35.5 Å². The summed E-state index contributed by atoms with van der Waals surface area (Å²) in [5, 5.41) is 1.37. The zero-order valence-corrected chi connectivity index (χ0v) is 12.0. The van der Waals surface area contributed by atoms with Gasteiger partial charge in [0.05, 0.1) is 6.04 Å². The Morgan fingerprint density at radius 1 is 1.38 bits per heavy atom. The maximum Gasteiger partial charge on any atom is 0.128 e. The van der Waals surface area contributed by atoms with Gasteiger partial charge < -0.3 is 9.78 Å². The molecule has 106 valence electrons. The fraction of sp³-hybridized carbons (Fsp3) is 0.500. The number of H-pyrrole nitrogens is 1. The molecule has 3 nitrogen and oxygen atoms in total. The van der Waals surface area contributed by atoms with E-state index in [1.165, 1.54) is 34.9 Å². The maximum absolute atomic E-state index is 11.9. The Balaban J connectivity index is 1.62. The third-order valence-corrected chi connectivity index (χ3v) is 7.09. The van der Waals surface area contributed by atoms with Crippen LogP contribution in [0.4, 0.5) is 0 Å². The second-order valence-electron chi connectivity index (χ2n) is 7.47. The number of aldehydes is 1. The average molecular weight is 278 g/mol. The van der Waals surface area contributed by atoms with Gasteiger partial charge in [0.2, 0.25) is 0 Å². The lowest BCUT2D eigenvalue weighted by Gasteiger charge is -2.49. The molecule has 5 heterocycles. The molecular weight excluding hydrogens is 260 g/mol. The fourth-order valence-electron chi connectivity index (χ4n) is 6.41. The average Bonchev–Trinajstić information content (AvgIpc) is 2.94. The molecule has 4 aliphatic heterocycles. The fourth-order valence-corrected chi connectivity index (χ4v) is 6.41. The van der Waals surface area contributed by atoms with E-state index >= 15 is 0 Å². The Morgan fingerprint density at radius 2 is 2.24 bits per heavy atom. The normalized spacial score (nSPS) is 48.2. The molecule has 7 rings (SSSR count). The van der Waals surface area contributed by atoms with Gasteiger partial charge >= 0.3 is 0 Å². The molecule has 0 spiro atoms. The van der Waals surface area contributed by atoms with E-state index in [0.717, 1.165) is 6.42 Å². The van der Waals surface area contributed by atoms with E-state index in [0.29, 0.717) is 30.0 Å². The first kappa shape index (κ1) is 11.0. The highest BCUT2D eigenvalue weighted by molar-refractivity contribution is 5.86. The van der Waals surface area contributed by atoms with Gasteiger partial charge in [-0.3, -0.25) is 4.90 Å². The van der Waals surface area contributed by atoms with E-state index in [1.807, 2.05) is 0 Å². The molecular formula is C18H18N2O. The lowest BCUT2D eigenvalue weighted by molar-refractivity contribution is -0.116. The van der Waals surface area contributed by atoms with Gasteiger partial charge in [-0.1, -0.05) is 18.2 Å². The van der Waals surface area contributed by atoms with Crippen molar-refractivity contribution in [3.63, 3.8) is 0 Å². The number of carbonyl (C=O) groups is 1. The van der Waals surface area contributed by atoms with Crippen molar-refractivity contribution in [3.8, 4) is 0 Å². The highest BCUT2D eigenvalue weighted by Gasteiger charge is 2.81. The molecule has 1 N–H and O–H groups in total. The van der Waals surface area contributed by atoms with Gasteiger partial charge in [-0.05, 0) is 43.2 Å². The summed E-state index contributed by atoms with van der Waals surface area (Å²) in [6, 6.07) is 10.2. The molecule has 1 aromatic carbocycles. The van der Waals surface area contributed by atoms with Gasteiger partial charge in [-0.25, -0.2) is 0 Å². The van der Waals surface area contributed by atoms with Gasteiger partial charge in [0.15, 0.2) is 0 Å². The topological polar surface area (TPSA) is 36.1 Å². The van der Waals surface area contributed by atoms with E-state index in [9.17, 15) is 4.79 Å². The quantitative estimate of drug-likeness (QED) is 0.814. The van der Waals surface area contributed by atoms with Crippen LogP contribution in [0, 0.1) is 17.3 Å². The molecule has 2 aromatic rings. The van der Waals surface area contributed by atoms with E-state index in [-0.39, 0.29) is 5.41 Å². The van der Waals surface area contributed by atoms with Crippen LogP contribution in [0.5, 0.6) is 0 Å². The number of benzene rings is 1. The van der Waals surface area contributed by atoms with Crippen LogP contribution >= 0.6 is 0 Å². The van der Waals surface area contributed by atoms with E-state index in [4.69, 9.17) is 0 Å². The lowest BCUT2D eigenvalue weighted by atomic mass is 9.77. The summed E-state index contributed by atoms with van der Waals surface area (Å²) < 4.78 is 0. The number of carbonyl (C=O) groups excluding carboxylic acids is 1. The molecule has 4 fully saturated rings. The molecule has 0 amide bonds. The van der Waals surface area contributed by atoms with Crippen LogP contribution in [0.15, 0.2) is 24.3 Å². The smallest absolute Gasteiger partial charge is 0.128 e. The Kier molecular flexibility index (Phi) is 1.62. The number of nitrogens with zero attached hydrogens (tertiary/aromatic N) is 1. The Bertz CT molecular complexity index is 809. The van der Waals surface area contributed by atoms with E-state index in [1.54, 1.807) is 0 Å². The second kappa shape index (κ2) is 3.09. The Hall–Kier alpha value is -1.61. The first-order valence-corrected chi connectivity index (χ1v) is 8.10. The molecule has 1 aromatic heterocycles. The lowest BCUT2D eigenvalue weighted by Crippen LogP contribution is -2.53. The number of hydrogen-bond acceptors (Lipinski definition) is 2. The minimum Gasteiger partial charge on any atom is -0.357 e. The summed E-state index contributed by atoms with van der Waals surface area (Å²) in [6.07, 6.45) is 3.54. The number of aromatic amines is 1. The first-order chi connectivity index (χ1) is 10.3. The summed E-state index contributed by atoms with van der Waals surface area (Å²) in [7, 11) is 0. The van der Waals surface area contributed by atoms with Crippen LogP contribution in [-0.2, 0) is 11.2 Å². The predicted molar refractivity (Wildman–Crippen MR) is 79.9 cm³/mol. The molecule has 2 unspecified atom stereocenters. The number of para-hydroxylation sites is 1. The van der Waals surface area contributed by atoms with Crippen molar-refractivity contribution in [2.45, 2.75) is 37.9 Å². The molecule has 3 saturated heterocycles. The number of fused-ring (bicyclic) bond motifs is 3. The van der Waals surface area contributed by atoms with Gasteiger partial charge in [-0.15, -0.1) is 0 Å². The standard InChI is InChI=1S/C18H18N2O/c1-9-16-12-7-14-17-11(10-4-2-3-5-13(10)19-17)6-15(20(9)14)18(12,16)8-21/h2-5,8-9,12,14-16,19H,6-7H2,1H3/t9-,12-,14-,15-,16?,18-/m0/s1. The second-order valence-corrected chi connectivity index (χ2v) is 7.47. The number of rotatable bonds is 1. The van der Waals surface area contributed by atoms with Crippen LogP contribution in [-0.4, -0.2) is 28.3 Å². The molecule has 1 aliphatic carbocycles. The van der Waals surface area contributed by atoms with Gasteiger partial charge in [0, 0.05) is 34.1 Å². The van der Waals surface area contributed by atoms with Crippen LogP contribution < -0.4 is 0 Å². The monoisotopic (exact) mass is 278 g/mol. The van der Waals surface area contributed by atoms with Crippen molar-refractivity contribution in [1.82, 2.24) is 9.88 Å². The summed E-state index contributed by atoms with van der Waals surface area (Å²) in [6.45, 7) is 2.34. The van der Waals surface area contributed by atoms with Gasteiger partial charge in [-0.2, -0.15) is 0 Å². The largest absolute Gasteiger partial charge is 0.357 e. The molecule has 3 heteroatoms. The predicted octanol–water partition coefficient (Wildman–Crippen LogP) is 2.67. The Morgan fingerprint density at radius 3 is 3.10 bits per heavy atom. The molecule has 0 radical (unpaired) electrons. The highest BCUT2D eigenvalue weighted by atomic mass is 16.1. The maximum atomic E-state index is 11.9. The molecule has 7 atom stereocenters. The summed E-state index contributed by atoms with van der Waals surface area (Å²) in [4.78, 5) is 18.2. The van der Waals surface area contributed by atoms with Crippen LogP contribution in [0.2, 0.25) is 0 Å². The van der Waals surface area contributed by atoms with Crippen molar-refractivity contribution in [2.24, 2.45) is 17.3 Å². The SMILES string of the molecule is C[C@H]1C2[C@@H]3C[C@H]4c5[nH]c6ccccc6c5C[C@H](N41)[C@@]23C=O. The number of hydrogen-bond donors (Lipinski definition) is 1. The highest BCUT2D eigenvalue weighted by Crippen LogP contribution is 2.77. The van der Waals surface area contributed by atoms with Gasteiger partial charge in [0.1, 0.15) is 6.29 Å². The van der Waals surface area contributed by atoms with Crippen LogP contribution in [0.1, 0.15) is 30.6 Å².